The molecule has 0 unspecified atom stereocenters. The van der Waals surface area contributed by atoms with E-state index in [2.05, 4.69) is 9.71 Å². The molecular weight excluding hydrogens is 260 g/mol. The molecule has 0 aliphatic rings. The summed E-state index contributed by atoms with van der Waals surface area (Å²) in [5.41, 5.74) is 0. The largest absolute Gasteiger partial charge is 0.391 e. The fourth-order valence-corrected chi connectivity index (χ4v) is 3.42. The van der Waals surface area contributed by atoms with Crippen molar-refractivity contribution in [3.8, 4) is 0 Å². The van der Waals surface area contributed by atoms with Crippen LogP contribution in [0.15, 0.2) is 40.7 Å². The second-order valence-electron chi connectivity index (χ2n) is 3.20. The van der Waals surface area contributed by atoms with Gasteiger partial charge in [-0.05, 0) is 24.3 Å². The first-order valence-corrected chi connectivity index (χ1v) is 7.05. The third kappa shape index (κ3) is 2.82. The Morgan fingerprint density at radius 1 is 1.29 bits per heavy atom. The van der Waals surface area contributed by atoms with E-state index in [1.54, 1.807) is 24.3 Å². The highest BCUT2D eigenvalue weighted by Crippen LogP contribution is 2.23. The summed E-state index contributed by atoms with van der Waals surface area (Å²) in [6.45, 7) is -0.163. The molecule has 90 valence electrons. The highest BCUT2D eigenvalue weighted by Gasteiger charge is 2.17. The molecule has 0 aliphatic carbocycles. The molecule has 0 saturated carbocycles. The third-order valence-electron chi connectivity index (χ3n) is 1.96. The van der Waals surface area contributed by atoms with E-state index >= 15 is 0 Å². The average Bonchev–Trinajstić information content (AvgIpc) is 2.79. The van der Waals surface area contributed by atoms with E-state index in [4.69, 9.17) is 5.11 Å². The number of sulfonamides is 1. The lowest BCUT2D eigenvalue weighted by Crippen LogP contribution is -2.12. The van der Waals surface area contributed by atoms with Crippen molar-refractivity contribution in [1.29, 1.82) is 0 Å². The minimum absolute atomic E-state index is 0.159. The quantitative estimate of drug-likeness (QED) is 0.881. The Morgan fingerprint density at radius 2 is 2.12 bits per heavy atom. The monoisotopic (exact) mass is 270 g/mol. The SMILES string of the molecule is O=S(=O)(Nc1ccccn1)c1ccc(CO)s1. The zero-order chi connectivity index (χ0) is 12.3. The lowest BCUT2D eigenvalue weighted by Gasteiger charge is -2.04. The first kappa shape index (κ1) is 12.0. The zero-order valence-corrected chi connectivity index (χ0v) is 10.3. The molecule has 2 rings (SSSR count). The topological polar surface area (TPSA) is 79.3 Å². The summed E-state index contributed by atoms with van der Waals surface area (Å²) < 4.78 is 26.3. The zero-order valence-electron chi connectivity index (χ0n) is 8.70. The molecule has 0 aromatic carbocycles. The Balaban J connectivity index is 2.25. The van der Waals surface area contributed by atoms with E-state index in [0.717, 1.165) is 11.3 Å². The van der Waals surface area contributed by atoms with Crippen LogP contribution in [0.3, 0.4) is 0 Å². The second-order valence-corrected chi connectivity index (χ2v) is 6.28. The fourth-order valence-electron chi connectivity index (χ4n) is 1.20. The van der Waals surface area contributed by atoms with Crippen molar-refractivity contribution in [3.63, 3.8) is 0 Å². The number of anilines is 1. The van der Waals surface area contributed by atoms with Gasteiger partial charge >= 0.3 is 0 Å². The van der Waals surface area contributed by atoms with Crippen molar-refractivity contribution in [2.24, 2.45) is 0 Å². The molecule has 0 spiro atoms. The lowest BCUT2D eigenvalue weighted by molar-refractivity contribution is 0.285. The highest BCUT2D eigenvalue weighted by molar-refractivity contribution is 7.94. The van der Waals surface area contributed by atoms with E-state index in [9.17, 15) is 8.42 Å². The Labute approximate surface area is 103 Å². The number of pyridine rings is 1. The molecule has 7 heteroatoms. The van der Waals surface area contributed by atoms with Crippen molar-refractivity contribution in [2.45, 2.75) is 10.8 Å². The molecule has 2 N–H and O–H groups in total. The van der Waals surface area contributed by atoms with Crippen LogP contribution in [-0.4, -0.2) is 18.5 Å². The molecule has 17 heavy (non-hydrogen) atoms. The smallest absolute Gasteiger partial charge is 0.272 e. The normalized spacial score (nSPS) is 11.4. The summed E-state index contributed by atoms with van der Waals surface area (Å²) in [5, 5.41) is 8.89. The number of rotatable bonds is 4. The van der Waals surface area contributed by atoms with Gasteiger partial charge in [0.25, 0.3) is 10.0 Å². The second kappa shape index (κ2) is 4.82. The molecule has 0 saturated heterocycles. The Morgan fingerprint density at radius 3 is 2.71 bits per heavy atom. The number of nitrogens with one attached hydrogen (secondary N) is 1. The summed E-state index contributed by atoms with van der Waals surface area (Å²) in [6.07, 6.45) is 1.51. The summed E-state index contributed by atoms with van der Waals surface area (Å²) in [7, 11) is -3.61. The Kier molecular flexibility index (Phi) is 3.41. The predicted molar refractivity (Wildman–Crippen MR) is 65.3 cm³/mol. The molecular formula is C10H10N2O3S2. The standard InChI is InChI=1S/C10H10N2O3S2/c13-7-8-4-5-10(16-8)17(14,15)12-9-3-1-2-6-11-9/h1-6,13H,7H2,(H,11,12). The van der Waals surface area contributed by atoms with Gasteiger partial charge in [0.2, 0.25) is 0 Å². The maximum atomic E-state index is 11.9. The third-order valence-corrected chi connectivity index (χ3v) is 4.88. The van der Waals surface area contributed by atoms with E-state index in [1.807, 2.05) is 0 Å². The van der Waals surface area contributed by atoms with Crippen LogP contribution in [0.5, 0.6) is 0 Å². The van der Waals surface area contributed by atoms with Crippen molar-refractivity contribution in [2.75, 3.05) is 4.72 Å². The lowest BCUT2D eigenvalue weighted by atomic mass is 10.5. The minimum atomic E-state index is -3.61. The van der Waals surface area contributed by atoms with Gasteiger partial charge in [-0.15, -0.1) is 11.3 Å². The molecule has 2 aromatic rings. The van der Waals surface area contributed by atoms with E-state index in [1.165, 1.54) is 12.3 Å². The summed E-state index contributed by atoms with van der Waals surface area (Å²) >= 11 is 1.03. The van der Waals surface area contributed by atoms with E-state index in [-0.39, 0.29) is 16.6 Å². The van der Waals surface area contributed by atoms with Crippen LogP contribution in [0.1, 0.15) is 4.88 Å². The molecule has 0 radical (unpaired) electrons. The van der Waals surface area contributed by atoms with Gasteiger partial charge in [0.05, 0.1) is 6.61 Å². The van der Waals surface area contributed by atoms with E-state index < -0.39 is 10.0 Å². The Hall–Kier alpha value is -1.44. The van der Waals surface area contributed by atoms with Gasteiger partial charge in [-0.2, -0.15) is 0 Å². The Bertz CT molecular complexity index is 593. The number of hydrogen-bond acceptors (Lipinski definition) is 5. The first-order valence-electron chi connectivity index (χ1n) is 4.75. The molecule has 2 heterocycles. The van der Waals surface area contributed by atoms with Gasteiger partial charge in [-0.25, -0.2) is 13.4 Å². The number of hydrogen-bond donors (Lipinski definition) is 2. The minimum Gasteiger partial charge on any atom is -0.391 e. The summed E-state index contributed by atoms with van der Waals surface area (Å²) in [6, 6.07) is 8.00. The molecule has 0 atom stereocenters. The highest BCUT2D eigenvalue weighted by atomic mass is 32.2. The summed E-state index contributed by atoms with van der Waals surface area (Å²) in [4.78, 5) is 4.48. The van der Waals surface area contributed by atoms with Crippen molar-refractivity contribution >= 4 is 27.2 Å². The van der Waals surface area contributed by atoms with Crippen LogP contribution in [0.2, 0.25) is 0 Å². The first-order chi connectivity index (χ1) is 8.12. The van der Waals surface area contributed by atoms with Gasteiger partial charge in [0, 0.05) is 11.1 Å². The number of aromatic nitrogens is 1. The van der Waals surface area contributed by atoms with Crippen molar-refractivity contribution in [3.05, 3.63) is 41.4 Å². The van der Waals surface area contributed by atoms with Crippen molar-refractivity contribution < 1.29 is 13.5 Å². The molecule has 5 nitrogen and oxygen atoms in total. The number of nitrogens with zero attached hydrogens (tertiary/aromatic N) is 1. The van der Waals surface area contributed by atoms with Crippen LogP contribution in [0.25, 0.3) is 0 Å². The van der Waals surface area contributed by atoms with Gasteiger partial charge in [-0.1, -0.05) is 6.07 Å². The van der Waals surface area contributed by atoms with Crippen LogP contribution < -0.4 is 4.72 Å². The molecule has 0 amide bonds. The summed E-state index contributed by atoms with van der Waals surface area (Å²) in [5.74, 6) is 0.270. The predicted octanol–water partition coefficient (Wildman–Crippen LogP) is 1.44. The molecule has 0 aliphatic heterocycles. The van der Waals surface area contributed by atoms with E-state index in [0.29, 0.717) is 4.88 Å². The average molecular weight is 270 g/mol. The van der Waals surface area contributed by atoms with Gasteiger partial charge in [0.1, 0.15) is 10.0 Å². The maximum Gasteiger partial charge on any atom is 0.272 e. The van der Waals surface area contributed by atoms with Gasteiger partial charge in [-0.3, -0.25) is 4.72 Å². The van der Waals surface area contributed by atoms with Crippen molar-refractivity contribution in [1.82, 2.24) is 4.98 Å². The van der Waals surface area contributed by atoms with Crippen LogP contribution in [0.4, 0.5) is 5.82 Å². The van der Waals surface area contributed by atoms with Crippen LogP contribution in [0, 0.1) is 0 Å². The number of aliphatic hydroxyl groups excluding tert-OH is 1. The molecule has 0 fully saturated rings. The van der Waals surface area contributed by atoms with Gasteiger partial charge < -0.3 is 5.11 Å². The molecule has 2 aromatic heterocycles. The fraction of sp³-hybridized carbons (Fsp3) is 0.100. The maximum absolute atomic E-state index is 11.9. The van der Waals surface area contributed by atoms with Crippen LogP contribution in [-0.2, 0) is 16.6 Å². The molecule has 0 bridgehead atoms. The number of aliphatic hydroxyl groups is 1. The van der Waals surface area contributed by atoms with Gasteiger partial charge in [0.15, 0.2) is 0 Å². The number of thiophene rings is 1. The van der Waals surface area contributed by atoms with Crippen LogP contribution >= 0.6 is 11.3 Å².